The fourth-order valence-corrected chi connectivity index (χ4v) is 4.65. The van der Waals surface area contributed by atoms with Gasteiger partial charge in [-0.3, -0.25) is 4.72 Å². The first-order chi connectivity index (χ1) is 12.9. The summed E-state index contributed by atoms with van der Waals surface area (Å²) in [5, 5.41) is 0. The van der Waals surface area contributed by atoms with Crippen LogP contribution in [-0.2, 0) is 23.1 Å². The van der Waals surface area contributed by atoms with Crippen LogP contribution in [0, 0.1) is 18.7 Å². The van der Waals surface area contributed by atoms with Gasteiger partial charge in [-0.25, -0.2) is 9.37 Å². The largest absolute Gasteiger partial charge is 0.302 e. The van der Waals surface area contributed by atoms with Crippen LogP contribution in [0.1, 0.15) is 36.6 Å². The van der Waals surface area contributed by atoms with Gasteiger partial charge in [0.05, 0.1) is 0 Å². The van der Waals surface area contributed by atoms with Gasteiger partial charge in [-0.05, 0) is 73.9 Å². The maximum Gasteiger partial charge on any atom is 0.302 e. The Balaban J connectivity index is 1.59. The van der Waals surface area contributed by atoms with Crippen LogP contribution in [0.2, 0.25) is 0 Å². The number of aromatic nitrogens is 1. The van der Waals surface area contributed by atoms with Crippen LogP contribution in [-0.4, -0.2) is 30.8 Å². The normalized spacial score (nSPS) is 16.4. The second kappa shape index (κ2) is 8.35. The molecule has 1 saturated heterocycles. The quantitative estimate of drug-likeness (QED) is 0.817. The first kappa shape index (κ1) is 19.8. The molecule has 2 aromatic rings. The van der Waals surface area contributed by atoms with Gasteiger partial charge in [0.2, 0.25) is 0 Å². The minimum absolute atomic E-state index is 0.221. The highest BCUT2D eigenvalue weighted by molar-refractivity contribution is 7.90. The van der Waals surface area contributed by atoms with Crippen molar-refractivity contribution in [1.29, 1.82) is 0 Å². The number of pyridine rings is 1. The molecule has 1 N–H and O–H groups in total. The average molecular weight is 392 g/mol. The lowest BCUT2D eigenvalue weighted by Crippen LogP contribution is -2.42. The summed E-state index contributed by atoms with van der Waals surface area (Å²) in [5.74, 6) is 0.493. The second-order valence-corrected chi connectivity index (χ2v) is 8.76. The monoisotopic (exact) mass is 391 g/mol. The fourth-order valence-electron chi connectivity index (χ4n) is 3.45. The SMILES string of the molecule is CCc1cccc(NS(=O)(=O)N2CCC(Cc3cc(F)ccc3C)CC2)n1. The Kier molecular flexibility index (Phi) is 6.11. The molecule has 146 valence electrons. The lowest BCUT2D eigenvalue weighted by atomic mass is 9.89. The van der Waals surface area contributed by atoms with Crippen molar-refractivity contribution in [3.8, 4) is 0 Å². The van der Waals surface area contributed by atoms with Crippen LogP contribution in [0.5, 0.6) is 0 Å². The molecule has 27 heavy (non-hydrogen) atoms. The van der Waals surface area contributed by atoms with Gasteiger partial charge in [0.15, 0.2) is 0 Å². The van der Waals surface area contributed by atoms with E-state index in [1.54, 1.807) is 24.3 Å². The summed E-state index contributed by atoms with van der Waals surface area (Å²) in [6, 6.07) is 10.2. The maximum absolute atomic E-state index is 13.5. The van der Waals surface area contributed by atoms with E-state index in [1.165, 1.54) is 10.4 Å². The summed E-state index contributed by atoms with van der Waals surface area (Å²) in [5.41, 5.74) is 2.93. The molecule has 1 aromatic heterocycles. The standard InChI is InChI=1S/C20H26FN3O2S/c1-3-19-5-4-6-20(22-19)23-27(25,26)24-11-9-16(10-12-24)13-17-14-18(21)8-7-15(17)2/h4-8,14,16H,3,9-13H2,1-2H3,(H,22,23). The highest BCUT2D eigenvalue weighted by Crippen LogP contribution is 2.25. The maximum atomic E-state index is 13.5. The molecule has 1 aliphatic heterocycles. The Hall–Kier alpha value is -1.99. The number of aryl methyl sites for hydroxylation is 2. The third kappa shape index (κ3) is 5.05. The Morgan fingerprint density at radius 2 is 1.96 bits per heavy atom. The number of nitrogens with zero attached hydrogens (tertiary/aromatic N) is 2. The molecule has 5 nitrogen and oxygen atoms in total. The van der Waals surface area contributed by atoms with Gasteiger partial charge >= 0.3 is 10.2 Å². The van der Waals surface area contributed by atoms with Gasteiger partial charge in [-0.2, -0.15) is 12.7 Å². The molecular formula is C20H26FN3O2S. The molecule has 0 radical (unpaired) electrons. The van der Waals surface area contributed by atoms with E-state index < -0.39 is 10.2 Å². The van der Waals surface area contributed by atoms with Gasteiger partial charge < -0.3 is 0 Å². The molecule has 1 aliphatic rings. The van der Waals surface area contributed by atoms with E-state index >= 15 is 0 Å². The van der Waals surface area contributed by atoms with Crippen molar-refractivity contribution in [3.63, 3.8) is 0 Å². The van der Waals surface area contributed by atoms with E-state index in [0.29, 0.717) is 24.8 Å². The van der Waals surface area contributed by atoms with Gasteiger partial charge in [0, 0.05) is 18.8 Å². The van der Waals surface area contributed by atoms with Crippen molar-refractivity contribution >= 4 is 16.0 Å². The fraction of sp³-hybridized carbons (Fsp3) is 0.450. The molecule has 1 aromatic carbocycles. The molecule has 2 heterocycles. The molecular weight excluding hydrogens is 365 g/mol. The lowest BCUT2D eigenvalue weighted by molar-refractivity contribution is 0.273. The van der Waals surface area contributed by atoms with E-state index in [-0.39, 0.29) is 5.82 Å². The van der Waals surface area contributed by atoms with Crippen LogP contribution in [0.3, 0.4) is 0 Å². The van der Waals surface area contributed by atoms with Gasteiger partial charge in [-0.15, -0.1) is 0 Å². The second-order valence-electron chi connectivity index (χ2n) is 7.09. The van der Waals surface area contributed by atoms with E-state index in [9.17, 15) is 12.8 Å². The molecule has 7 heteroatoms. The Morgan fingerprint density at radius 1 is 1.22 bits per heavy atom. The van der Waals surface area contributed by atoms with E-state index in [4.69, 9.17) is 0 Å². The molecule has 0 unspecified atom stereocenters. The van der Waals surface area contributed by atoms with Gasteiger partial charge in [0.1, 0.15) is 11.6 Å². The van der Waals surface area contributed by atoms with Crippen molar-refractivity contribution in [2.75, 3.05) is 17.8 Å². The molecule has 0 amide bonds. The highest BCUT2D eigenvalue weighted by atomic mass is 32.2. The third-order valence-corrected chi connectivity index (χ3v) is 6.65. The molecule has 0 spiro atoms. The number of hydrogen-bond acceptors (Lipinski definition) is 3. The third-order valence-electron chi connectivity index (χ3n) is 5.14. The van der Waals surface area contributed by atoms with Crippen LogP contribution in [0.4, 0.5) is 10.2 Å². The van der Waals surface area contributed by atoms with Crippen molar-refractivity contribution in [2.45, 2.75) is 39.5 Å². The number of rotatable bonds is 6. The Bertz CT molecular complexity index is 894. The van der Waals surface area contributed by atoms with Crippen molar-refractivity contribution in [3.05, 3.63) is 59.0 Å². The zero-order chi connectivity index (χ0) is 19.4. The van der Waals surface area contributed by atoms with E-state index in [1.807, 2.05) is 19.9 Å². The number of nitrogens with one attached hydrogen (secondary N) is 1. The van der Waals surface area contributed by atoms with Crippen LogP contribution in [0.15, 0.2) is 36.4 Å². The average Bonchev–Trinajstić information content (AvgIpc) is 2.65. The number of anilines is 1. The zero-order valence-corrected chi connectivity index (χ0v) is 16.6. The molecule has 0 atom stereocenters. The van der Waals surface area contributed by atoms with Gasteiger partial charge in [-0.1, -0.05) is 19.1 Å². The summed E-state index contributed by atoms with van der Waals surface area (Å²) < 4.78 is 42.8. The van der Waals surface area contributed by atoms with Crippen molar-refractivity contribution in [2.24, 2.45) is 5.92 Å². The van der Waals surface area contributed by atoms with E-state index in [2.05, 4.69) is 9.71 Å². The van der Waals surface area contributed by atoms with Crippen molar-refractivity contribution in [1.82, 2.24) is 9.29 Å². The molecule has 0 bridgehead atoms. The molecule has 3 rings (SSSR count). The van der Waals surface area contributed by atoms with Crippen LogP contribution in [0.25, 0.3) is 0 Å². The Labute approximate surface area is 160 Å². The highest BCUT2D eigenvalue weighted by Gasteiger charge is 2.28. The summed E-state index contributed by atoms with van der Waals surface area (Å²) in [7, 11) is -3.61. The lowest BCUT2D eigenvalue weighted by Gasteiger charge is -2.31. The molecule has 0 aliphatic carbocycles. The summed E-state index contributed by atoms with van der Waals surface area (Å²) in [4.78, 5) is 4.31. The van der Waals surface area contributed by atoms with Crippen LogP contribution < -0.4 is 4.72 Å². The zero-order valence-electron chi connectivity index (χ0n) is 15.8. The number of halogens is 1. The van der Waals surface area contributed by atoms with E-state index in [0.717, 1.165) is 42.5 Å². The predicted octanol–water partition coefficient (Wildman–Crippen LogP) is 3.70. The molecule has 1 fully saturated rings. The minimum atomic E-state index is -3.61. The minimum Gasteiger partial charge on any atom is -0.254 e. The summed E-state index contributed by atoms with van der Waals surface area (Å²) >= 11 is 0. The summed E-state index contributed by atoms with van der Waals surface area (Å²) in [6.45, 7) is 4.88. The van der Waals surface area contributed by atoms with Gasteiger partial charge in [0.25, 0.3) is 0 Å². The summed E-state index contributed by atoms with van der Waals surface area (Å²) in [6.07, 6.45) is 3.06. The van der Waals surface area contributed by atoms with Crippen LogP contribution >= 0.6 is 0 Å². The Morgan fingerprint density at radius 3 is 2.67 bits per heavy atom. The number of benzene rings is 1. The smallest absolute Gasteiger partial charge is 0.254 e. The first-order valence-corrected chi connectivity index (χ1v) is 10.8. The topological polar surface area (TPSA) is 62.3 Å². The predicted molar refractivity (Wildman–Crippen MR) is 105 cm³/mol. The first-order valence-electron chi connectivity index (χ1n) is 9.36. The van der Waals surface area contributed by atoms with Crippen molar-refractivity contribution < 1.29 is 12.8 Å². The molecule has 0 saturated carbocycles. The number of piperidine rings is 1. The number of hydrogen-bond donors (Lipinski definition) is 1.